The molecule has 0 aromatic carbocycles. The van der Waals surface area contributed by atoms with E-state index < -0.39 is 17.6 Å². The van der Waals surface area contributed by atoms with Crippen molar-refractivity contribution in [3.8, 4) is 23.2 Å². The first-order valence-electron chi connectivity index (χ1n) is 12.7. The third kappa shape index (κ3) is 5.53. The first-order valence-corrected chi connectivity index (χ1v) is 12.7. The summed E-state index contributed by atoms with van der Waals surface area (Å²) in [5.74, 6) is -0.621. The van der Waals surface area contributed by atoms with Gasteiger partial charge < -0.3 is 18.9 Å². The number of nitrogens with zero attached hydrogens (tertiary/aromatic N) is 7. The second-order valence-corrected chi connectivity index (χ2v) is 9.80. The number of carbonyl (C=O) groups is 1. The van der Waals surface area contributed by atoms with Crippen LogP contribution in [-0.2, 0) is 22.8 Å². The molecule has 2 atom stereocenters. The summed E-state index contributed by atoms with van der Waals surface area (Å²) in [5.41, 5.74) is -0.372. The van der Waals surface area contributed by atoms with E-state index in [1.165, 1.54) is 6.20 Å². The summed E-state index contributed by atoms with van der Waals surface area (Å²) in [6.45, 7) is 1.88. The number of carbonyl (C=O) groups excluding carboxylic acids is 1. The van der Waals surface area contributed by atoms with Gasteiger partial charge in [0.1, 0.15) is 23.9 Å². The molecule has 0 radical (unpaired) electrons. The molecule has 2 saturated heterocycles. The van der Waals surface area contributed by atoms with Gasteiger partial charge in [0.2, 0.25) is 17.6 Å². The van der Waals surface area contributed by atoms with Crippen LogP contribution in [0, 0.1) is 11.3 Å². The van der Waals surface area contributed by atoms with Gasteiger partial charge in [-0.15, -0.1) is 0 Å². The van der Waals surface area contributed by atoms with Crippen molar-refractivity contribution in [1.29, 1.82) is 5.26 Å². The Labute approximate surface area is 223 Å². The maximum Gasteiger partial charge on any atom is 0.421 e. The van der Waals surface area contributed by atoms with Crippen LogP contribution < -0.4 is 4.74 Å². The Morgan fingerprint density at radius 1 is 1.21 bits per heavy atom. The highest BCUT2D eigenvalue weighted by molar-refractivity contribution is 5.91. The minimum Gasteiger partial charge on any atom is -0.475 e. The average Bonchev–Trinajstić information content (AvgIpc) is 3.65. The predicted octanol–water partition coefficient (Wildman–Crippen LogP) is 3.01. The largest absolute Gasteiger partial charge is 0.475 e. The molecule has 5 heterocycles. The zero-order valence-corrected chi connectivity index (χ0v) is 21.6. The molecule has 0 saturated carbocycles. The maximum absolute atomic E-state index is 14.0. The molecule has 0 bridgehead atoms. The van der Waals surface area contributed by atoms with Crippen molar-refractivity contribution in [2.75, 3.05) is 39.9 Å². The number of pyridine rings is 1. The van der Waals surface area contributed by atoms with Gasteiger partial charge in [-0.05, 0) is 45.0 Å². The summed E-state index contributed by atoms with van der Waals surface area (Å²) in [7, 11) is 3.67. The van der Waals surface area contributed by atoms with Crippen LogP contribution in [0.15, 0.2) is 24.5 Å². The van der Waals surface area contributed by atoms with E-state index in [-0.39, 0.29) is 48.3 Å². The first kappa shape index (κ1) is 26.8. The van der Waals surface area contributed by atoms with Crippen LogP contribution in [0.4, 0.5) is 13.2 Å². The van der Waals surface area contributed by atoms with Crippen molar-refractivity contribution < 1.29 is 27.4 Å². The molecule has 10 nitrogen and oxygen atoms in total. The number of ether oxygens (including phenoxy) is 2. The molecule has 2 fully saturated rings. The van der Waals surface area contributed by atoms with Crippen LogP contribution in [0.1, 0.15) is 30.7 Å². The Morgan fingerprint density at radius 2 is 2.03 bits per heavy atom. The van der Waals surface area contributed by atoms with Crippen LogP contribution >= 0.6 is 0 Å². The van der Waals surface area contributed by atoms with E-state index in [1.54, 1.807) is 28.8 Å². The number of aromatic nitrogens is 4. The number of fused-ring (bicyclic) bond motifs is 1. The highest BCUT2D eigenvalue weighted by atomic mass is 19.4. The van der Waals surface area contributed by atoms with Gasteiger partial charge in [0.25, 0.3) is 0 Å². The summed E-state index contributed by atoms with van der Waals surface area (Å²) in [4.78, 5) is 28.8. The fourth-order valence-corrected chi connectivity index (χ4v) is 5.16. The van der Waals surface area contributed by atoms with Gasteiger partial charge in [0, 0.05) is 43.5 Å². The smallest absolute Gasteiger partial charge is 0.421 e. The Kier molecular flexibility index (Phi) is 7.42. The lowest BCUT2D eigenvalue weighted by molar-refractivity contribution is -0.139. The Balaban J connectivity index is 1.24. The molecule has 2 aliphatic heterocycles. The van der Waals surface area contributed by atoms with Crippen molar-refractivity contribution >= 4 is 16.9 Å². The summed E-state index contributed by atoms with van der Waals surface area (Å²) < 4.78 is 54.7. The van der Waals surface area contributed by atoms with Gasteiger partial charge in [-0.2, -0.15) is 18.4 Å². The molecule has 206 valence electrons. The van der Waals surface area contributed by atoms with Crippen molar-refractivity contribution in [2.45, 2.75) is 37.6 Å². The van der Waals surface area contributed by atoms with E-state index in [2.05, 4.69) is 19.9 Å². The van der Waals surface area contributed by atoms with E-state index in [4.69, 9.17) is 9.47 Å². The lowest BCUT2D eigenvalue weighted by atomic mass is 10.1. The van der Waals surface area contributed by atoms with Gasteiger partial charge >= 0.3 is 6.18 Å². The zero-order chi connectivity index (χ0) is 27.7. The number of nitriles is 1. The van der Waals surface area contributed by atoms with Crippen LogP contribution in [0.5, 0.6) is 5.88 Å². The molecule has 2 aliphatic rings. The van der Waals surface area contributed by atoms with Crippen LogP contribution in [0.25, 0.3) is 22.3 Å². The fourth-order valence-electron chi connectivity index (χ4n) is 5.16. The number of aryl methyl sites for hydroxylation is 1. The molecular formula is C26H28F3N7O3. The summed E-state index contributed by atoms with van der Waals surface area (Å²) in [5, 5.41) is 9.79. The van der Waals surface area contributed by atoms with Gasteiger partial charge in [-0.25, -0.2) is 15.0 Å². The maximum atomic E-state index is 14.0. The molecule has 13 heteroatoms. The van der Waals surface area contributed by atoms with E-state index >= 15 is 0 Å². The van der Waals surface area contributed by atoms with Gasteiger partial charge in [-0.3, -0.25) is 9.69 Å². The summed E-state index contributed by atoms with van der Waals surface area (Å²) in [6, 6.07) is 4.34. The van der Waals surface area contributed by atoms with Gasteiger partial charge in [0.15, 0.2) is 0 Å². The molecule has 0 spiro atoms. The van der Waals surface area contributed by atoms with Crippen molar-refractivity contribution in [3.63, 3.8) is 0 Å². The standard InChI is InChI=1S/C26H28F3N7O3/c1-34-7-3-4-20(34)25(37)36-9-5-17(15-36)38-10-11-39-24-19(26(27,28)29)12-16(14-31-24)22-18-6-8-35(2)23(18)33-21(13-30)32-22/h6,8,12,14,17,20H,3-5,7,9-11,15H2,1-2H3/t17-,20+/m1/s1. The van der Waals surface area contributed by atoms with Gasteiger partial charge in [-0.1, -0.05) is 0 Å². The summed E-state index contributed by atoms with van der Waals surface area (Å²) >= 11 is 0. The molecule has 3 aromatic heterocycles. The number of likely N-dealkylation sites (N-methyl/N-ethyl adjacent to an activating group) is 1. The minimum atomic E-state index is -4.74. The molecule has 0 N–H and O–H groups in total. The average molecular weight is 544 g/mol. The van der Waals surface area contributed by atoms with Crippen LogP contribution in [0.2, 0.25) is 0 Å². The lowest BCUT2D eigenvalue weighted by Gasteiger charge is -2.25. The number of amides is 1. The molecule has 1 amide bonds. The highest BCUT2D eigenvalue weighted by Crippen LogP contribution is 2.38. The van der Waals surface area contributed by atoms with Crippen molar-refractivity contribution in [1.82, 2.24) is 29.3 Å². The molecule has 39 heavy (non-hydrogen) atoms. The van der Waals surface area contributed by atoms with Crippen molar-refractivity contribution in [2.24, 2.45) is 7.05 Å². The van der Waals surface area contributed by atoms with E-state index in [0.29, 0.717) is 30.5 Å². The third-order valence-electron chi connectivity index (χ3n) is 7.19. The summed E-state index contributed by atoms with van der Waals surface area (Å²) in [6.07, 6.45) is 0.519. The first-order chi connectivity index (χ1) is 18.7. The second-order valence-electron chi connectivity index (χ2n) is 9.80. The molecular weight excluding hydrogens is 515 g/mol. The minimum absolute atomic E-state index is 0.0544. The fraction of sp³-hybridized carbons (Fsp3) is 0.500. The van der Waals surface area contributed by atoms with Crippen LogP contribution in [0.3, 0.4) is 0 Å². The number of hydrogen-bond donors (Lipinski definition) is 0. The third-order valence-corrected chi connectivity index (χ3v) is 7.19. The number of alkyl halides is 3. The van der Waals surface area contributed by atoms with Crippen LogP contribution in [-0.4, -0.2) is 87.3 Å². The zero-order valence-electron chi connectivity index (χ0n) is 21.6. The highest BCUT2D eigenvalue weighted by Gasteiger charge is 2.37. The van der Waals surface area contributed by atoms with E-state index in [1.807, 2.05) is 13.1 Å². The van der Waals surface area contributed by atoms with E-state index in [9.17, 15) is 23.2 Å². The monoisotopic (exact) mass is 543 g/mol. The second kappa shape index (κ2) is 10.8. The van der Waals surface area contributed by atoms with Gasteiger partial charge in [0.05, 0.1) is 24.4 Å². The molecule has 0 aliphatic carbocycles. The normalized spacial score (nSPS) is 20.1. The molecule has 5 rings (SSSR count). The predicted molar refractivity (Wildman–Crippen MR) is 134 cm³/mol. The SMILES string of the molecule is CN1CCC[C@H]1C(=O)N1CC[C@@H](OCCOc2ncc(-c3nc(C#N)nc4c3ccn4C)cc2C(F)(F)F)C1. The quantitative estimate of drug-likeness (QED) is 0.419. The Bertz CT molecular complexity index is 1420. The number of rotatable bonds is 7. The van der Waals surface area contributed by atoms with E-state index in [0.717, 1.165) is 25.5 Å². The molecule has 0 unspecified atom stereocenters. The lowest BCUT2D eigenvalue weighted by Crippen LogP contribution is -2.43. The number of hydrogen-bond acceptors (Lipinski definition) is 8. The number of likely N-dealkylation sites (tertiary alicyclic amines) is 2. The molecule has 3 aromatic rings. The number of halogens is 3. The topological polar surface area (TPSA) is 109 Å². The Hall–Kier alpha value is -3.76. The Morgan fingerprint density at radius 3 is 2.74 bits per heavy atom. The van der Waals surface area contributed by atoms with Crippen molar-refractivity contribution in [3.05, 3.63) is 35.9 Å².